The van der Waals surface area contributed by atoms with Crippen LogP contribution >= 0.6 is 0 Å². The fourth-order valence-electron chi connectivity index (χ4n) is 4.41. The number of aromatic nitrogens is 2. The van der Waals surface area contributed by atoms with Crippen LogP contribution < -0.4 is 10.3 Å². The van der Waals surface area contributed by atoms with Gasteiger partial charge in [0.1, 0.15) is 5.82 Å². The van der Waals surface area contributed by atoms with Crippen molar-refractivity contribution in [2.75, 3.05) is 13.2 Å². The van der Waals surface area contributed by atoms with Crippen molar-refractivity contribution in [3.63, 3.8) is 0 Å². The topological polar surface area (TPSA) is 78.5 Å². The number of para-hydroxylation sites is 1. The van der Waals surface area contributed by atoms with Gasteiger partial charge in [-0.15, -0.1) is 0 Å². The monoisotopic (exact) mass is 383 g/mol. The highest BCUT2D eigenvalue weighted by atomic mass is 16.5. The molecule has 1 aliphatic carbocycles. The zero-order valence-corrected chi connectivity index (χ0v) is 16.5. The minimum absolute atomic E-state index is 0.00237. The molecule has 1 aliphatic heterocycles. The number of nitrogens with zero attached hydrogens (tertiary/aromatic N) is 2. The van der Waals surface area contributed by atoms with Gasteiger partial charge in [-0.2, -0.15) is 0 Å². The van der Waals surface area contributed by atoms with Crippen molar-refractivity contribution >= 4 is 0 Å². The first-order valence-electron chi connectivity index (χ1n) is 10.4. The number of nitrogens with one attached hydrogen (secondary N) is 1. The summed E-state index contributed by atoms with van der Waals surface area (Å²) in [5, 5.41) is 10.4. The van der Waals surface area contributed by atoms with Crippen LogP contribution in [0.1, 0.15) is 67.6 Å². The number of benzene rings is 1. The molecular weight excluding hydrogens is 354 g/mol. The van der Waals surface area contributed by atoms with E-state index in [1.54, 1.807) is 6.07 Å². The molecule has 0 amide bonds. The van der Waals surface area contributed by atoms with Crippen LogP contribution in [0.15, 0.2) is 23.0 Å². The van der Waals surface area contributed by atoms with Crippen molar-refractivity contribution in [3.05, 3.63) is 51.2 Å². The number of H-pyrrole nitrogens is 1. The van der Waals surface area contributed by atoms with E-state index < -0.39 is 0 Å². The van der Waals surface area contributed by atoms with Crippen LogP contribution in [0.3, 0.4) is 0 Å². The predicted octanol–water partition coefficient (Wildman–Crippen LogP) is 3.48. The predicted molar refractivity (Wildman–Crippen MR) is 108 cm³/mol. The molecule has 0 atom stereocenters. The van der Waals surface area contributed by atoms with E-state index in [4.69, 9.17) is 9.72 Å². The van der Waals surface area contributed by atoms with Crippen LogP contribution in [-0.4, -0.2) is 33.1 Å². The number of phenolic OH excluding ortho intramolecular Hbond substituents is 1. The van der Waals surface area contributed by atoms with Crippen molar-refractivity contribution in [1.29, 1.82) is 0 Å². The normalized spacial score (nSPS) is 18.0. The van der Waals surface area contributed by atoms with Crippen molar-refractivity contribution in [1.82, 2.24) is 14.9 Å². The van der Waals surface area contributed by atoms with E-state index >= 15 is 0 Å². The van der Waals surface area contributed by atoms with Crippen LogP contribution in [0.25, 0.3) is 0 Å². The molecule has 0 unspecified atom stereocenters. The van der Waals surface area contributed by atoms with Crippen LogP contribution in [0.5, 0.6) is 11.5 Å². The van der Waals surface area contributed by atoms with Crippen LogP contribution in [0.2, 0.25) is 0 Å². The van der Waals surface area contributed by atoms with Crippen molar-refractivity contribution in [2.24, 2.45) is 0 Å². The molecule has 2 N–H and O–H groups in total. The maximum absolute atomic E-state index is 12.7. The first kappa shape index (κ1) is 19.0. The molecule has 2 aromatic rings. The largest absolute Gasteiger partial charge is 0.504 e. The molecule has 4 rings (SSSR count). The summed E-state index contributed by atoms with van der Waals surface area (Å²) in [5.74, 6) is 1.99. The van der Waals surface area contributed by atoms with Gasteiger partial charge in [-0.3, -0.25) is 9.69 Å². The van der Waals surface area contributed by atoms with Crippen molar-refractivity contribution in [2.45, 2.75) is 64.5 Å². The standard InChI is InChI=1S/C22H29N3O3/c1-2-28-19-10-6-9-16(20(19)26)13-25-12-11-18-17(14-25)22(27)24-21(23-18)15-7-4-3-5-8-15/h6,9-10,15,26H,2-5,7-8,11-14H2,1H3,(H,23,24,27). The second kappa shape index (κ2) is 8.35. The van der Waals surface area contributed by atoms with E-state index in [-0.39, 0.29) is 11.3 Å². The molecule has 1 saturated carbocycles. The molecule has 0 saturated heterocycles. The quantitative estimate of drug-likeness (QED) is 0.826. The van der Waals surface area contributed by atoms with Gasteiger partial charge in [-0.25, -0.2) is 4.98 Å². The zero-order chi connectivity index (χ0) is 19.5. The van der Waals surface area contributed by atoms with Gasteiger partial charge in [0.25, 0.3) is 5.56 Å². The highest BCUT2D eigenvalue weighted by Crippen LogP contribution is 2.32. The summed E-state index contributed by atoms with van der Waals surface area (Å²) in [7, 11) is 0. The van der Waals surface area contributed by atoms with Crippen molar-refractivity contribution < 1.29 is 9.84 Å². The van der Waals surface area contributed by atoms with E-state index in [0.29, 0.717) is 31.4 Å². The first-order chi connectivity index (χ1) is 13.7. The molecule has 2 aliphatic rings. The molecule has 2 heterocycles. The van der Waals surface area contributed by atoms with E-state index in [9.17, 15) is 9.90 Å². The Balaban J connectivity index is 1.51. The van der Waals surface area contributed by atoms with Crippen LogP contribution in [0, 0.1) is 0 Å². The summed E-state index contributed by atoms with van der Waals surface area (Å²) >= 11 is 0. The molecule has 0 radical (unpaired) electrons. The van der Waals surface area contributed by atoms with Gasteiger partial charge < -0.3 is 14.8 Å². The molecule has 1 aromatic carbocycles. The summed E-state index contributed by atoms with van der Waals surface area (Å²) < 4.78 is 5.48. The Morgan fingerprint density at radius 2 is 2.11 bits per heavy atom. The molecule has 1 aromatic heterocycles. The molecule has 1 fully saturated rings. The second-order valence-electron chi connectivity index (χ2n) is 7.87. The van der Waals surface area contributed by atoms with Crippen LogP contribution in [-0.2, 0) is 19.5 Å². The van der Waals surface area contributed by atoms with E-state index in [1.165, 1.54) is 19.3 Å². The average Bonchev–Trinajstić information content (AvgIpc) is 2.72. The number of hydrogen-bond acceptors (Lipinski definition) is 5. The number of aromatic hydroxyl groups is 1. The summed E-state index contributed by atoms with van der Waals surface area (Å²) in [6, 6.07) is 5.57. The lowest BCUT2D eigenvalue weighted by atomic mass is 9.88. The second-order valence-corrected chi connectivity index (χ2v) is 7.87. The molecule has 0 bridgehead atoms. The van der Waals surface area contributed by atoms with Crippen LogP contribution in [0.4, 0.5) is 0 Å². The van der Waals surface area contributed by atoms with E-state index in [1.807, 2.05) is 19.1 Å². The third-order valence-corrected chi connectivity index (χ3v) is 5.93. The number of fused-ring (bicyclic) bond motifs is 1. The Morgan fingerprint density at radius 3 is 2.89 bits per heavy atom. The van der Waals surface area contributed by atoms with E-state index in [2.05, 4.69) is 9.88 Å². The average molecular weight is 383 g/mol. The minimum Gasteiger partial charge on any atom is -0.504 e. The Kier molecular flexibility index (Phi) is 5.67. The number of aromatic amines is 1. The smallest absolute Gasteiger partial charge is 0.255 e. The highest BCUT2D eigenvalue weighted by molar-refractivity contribution is 5.45. The van der Waals surface area contributed by atoms with Gasteiger partial charge in [0.15, 0.2) is 11.5 Å². The third kappa shape index (κ3) is 3.92. The zero-order valence-electron chi connectivity index (χ0n) is 16.5. The molecule has 6 nitrogen and oxygen atoms in total. The highest BCUT2D eigenvalue weighted by Gasteiger charge is 2.25. The minimum atomic E-state index is 0.00237. The number of phenols is 1. The van der Waals surface area contributed by atoms with Gasteiger partial charge in [0.2, 0.25) is 0 Å². The molecule has 0 spiro atoms. The fraction of sp³-hybridized carbons (Fsp3) is 0.545. The number of rotatable bonds is 5. The maximum Gasteiger partial charge on any atom is 0.255 e. The number of ether oxygens (including phenoxy) is 1. The molecular formula is C22H29N3O3. The summed E-state index contributed by atoms with van der Waals surface area (Å²) in [6.45, 7) is 4.37. The van der Waals surface area contributed by atoms with Gasteiger partial charge >= 0.3 is 0 Å². The Bertz CT molecular complexity index is 887. The molecule has 6 heteroatoms. The van der Waals surface area contributed by atoms with Crippen molar-refractivity contribution in [3.8, 4) is 11.5 Å². The Hall–Kier alpha value is -2.34. The summed E-state index contributed by atoms with van der Waals surface area (Å²) in [6.07, 6.45) is 6.77. The van der Waals surface area contributed by atoms with Gasteiger partial charge in [-0.05, 0) is 25.8 Å². The number of hydrogen-bond donors (Lipinski definition) is 2. The third-order valence-electron chi connectivity index (χ3n) is 5.93. The lowest BCUT2D eigenvalue weighted by molar-refractivity contribution is 0.236. The fourth-order valence-corrected chi connectivity index (χ4v) is 4.41. The lowest BCUT2D eigenvalue weighted by Gasteiger charge is -2.29. The summed E-state index contributed by atoms with van der Waals surface area (Å²) in [5.41, 5.74) is 2.54. The van der Waals surface area contributed by atoms with Gasteiger partial charge in [0, 0.05) is 37.5 Å². The lowest BCUT2D eigenvalue weighted by Crippen LogP contribution is -2.36. The first-order valence-corrected chi connectivity index (χ1v) is 10.4. The SMILES string of the molecule is CCOc1cccc(CN2CCc3nc(C4CCCCC4)[nH]c(=O)c3C2)c1O. The maximum atomic E-state index is 12.7. The Labute approximate surface area is 165 Å². The summed E-state index contributed by atoms with van der Waals surface area (Å²) in [4.78, 5) is 22.8. The van der Waals surface area contributed by atoms with E-state index in [0.717, 1.165) is 48.5 Å². The van der Waals surface area contributed by atoms with Gasteiger partial charge in [-0.1, -0.05) is 31.4 Å². The molecule has 150 valence electrons. The van der Waals surface area contributed by atoms with Gasteiger partial charge in [0.05, 0.1) is 17.9 Å². The molecule has 28 heavy (non-hydrogen) atoms. The Morgan fingerprint density at radius 1 is 1.29 bits per heavy atom.